The molecule has 0 spiro atoms. The van der Waals surface area contributed by atoms with Crippen molar-refractivity contribution in [3.05, 3.63) is 24.0 Å². The fraction of sp³-hybridized carbons (Fsp3) is 0.643. The summed E-state index contributed by atoms with van der Waals surface area (Å²) in [6.07, 6.45) is 5.32. The molecule has 104 valence electrons. The smallest absolute Gasteiger partial charge is 0.410 e. The molecule has 1 amide bonds. The van der Waals surface area contributed by atoms with Gasteiger partial charge in [0.1, 0.15) is 5.60 Å². The zero-order chi connectivity index (χ0) is 13.9. The topological polar surface area (TPSA) is 55.3 Å². The number of nitrogens with zero attached hydrogens (tertiary/aromatic N) is 3. The third kappa shape index (κ3) is 3.91. The summed E-state index contributed by atoms with van der Waals surface area (Å²) in [5, 5.41) is 7.69. The van der Waals surface area contributed by atoms with Crippen LogP contribution in [0.1, 0.15) is 45.1 Å². The van der Waals surface area contributed by atoms with Gasteiger partial charge in [-0.3, -0.25) is 0 Å². The number of aromatic nitrogens is 2. The highest BCUT2D eigenvalue weighted by molar-refractivity contribution is 5.68. The Balaban J connectivity index is 2.00. The Kier molecular flexibility index (Phi) is 4.02. The summed E-state index contributed by atoms with van der Waals surface area (Å²) in [5.41, 5.74) is 0.700. The molecule has 1 atom stereocenters. The summed E-state index contributed by atoms with van der Waals surface area (Å²) in [5.74, 6) is 0.330. The molecule has 1 unspecified atom stereocenters. The molecule has 2 heterocycles. The highest BCUT2D eigenvalue weighted by Crippen LogP contribution is 2.26. The molecule has 2 rings (SSSR count). The van der Waals surface area contributed by atoms with Crippen LogP contribution in [0.25, 0.3) is 0 Å². The number of piperidine rings is 1. The van der Waals surface area contributed by atoms with E-state index in [4.69, 9.17) is 4.74 Å². The molecule has 0 aromatic carbocycles. The minimum atomic E-state index is -0.442. The SMILES string of the molecule is CC(C)(C)OC(=O)N1CCCC(c2ccnnc2)C1. The summed E-state index contributed by atoms with van der Waals surface area (Å²) in [6.45, 7) is 7.13. The van der Waals surface area contributed by atoms with E-state index in [9.17, 15) is 4.79 Å². The van der Waals surface area contributed by atoms with Crippen molar-refractivity contribution in [1.82, 2.24) is 15.1 Å². The van der Waals surface area contributed by atoms with Gasteiger partial charge in [-0.1, -0.05) is 0 Å². The van der Waals surface area contributed by atoms with Gasteiger partial charge < -0.3 is 9.64 Å². The van der Waals surface area contributed by atoms with Gasteiger partial charge in [0.2, 0.25) is 0 Å². The van der Waals surface area contributed by atoms with Crippen LogP contribution in [0.4, 0.5) is 4.79 Å². The summed E-state index contributed by atoms with van der Waals surface area (Å²) in [6, 6.07) is 1.97. The monoisotopic (exact) mass is 263 g/mol. The quantitative estimate of drug-likeness (QED) is 0.781. The Morgan fingerprint density at radius 1 is 1.42 bits per heavy atom. The van der Waals surface area contributed by atoms with E-state index in [1.54, 1.807) is 17.3 Å². The lowest BCUT2D eigenvalue weighted by Crippen LogP contribution is -2.42. The number of rotatable bonds is 1. The molecule has 0 aliphatic carbocycles. The van der Waals surface area contributed by atoms with E-state index in [1.165, 1.54) is 0 Å². The lowest BCUT2D eigenvalue weighted by atomic mass is 9.92. The van der Waals surface area contributed by atoms with Crippen molar-refractivity contribution in [2.75, 3.05) is 13.1 Å². The molecule has 0 bridgehead atoms. The second kappa shape index (κ2) is 5.55. The van der Waals surface area contributed by atoms with Crippen LogP contribution in [-0.4, -0.2) is 39.9 Å². The second-order valence-electron chi connectivity index (χ2n) is 5.94. The van der Waals surface area contributed by atoms with Gasteiger partial charge in [-0.05, 0) is 45.2 Å². The molecule has 1 saturated heterocycles. The molecular formula is C14H21N3O2. The lowest BCUT2D eigenvalue weighted by Gasteiger charge is -2.34. The maximum atomic E-state index is 12.1. The normalized spacial score (nSPS) is 20.2. The van der Waals surface area contributed by atoms with Crippen molar-refractivity contribution < 1.29 is 9.53 Å². The predicted octanol–water partition coefficient (Wildman–Crippen LogP) is 2.59. The first-order chi connectivity index (χ1) is 8.96. The van der Waals surface area contributed by atoms with Crippen LogP contribution in [0.15, 0.2) is 18.5 Å². The molecule has 1 fully saturated rings. The Morgan fingerprint density at radius 3 is 2.84 bits per heavy atom. The van der Waals surface area contributed by atoms with Crippen molar-refractivity contribution >= 4 is 6.09 Å². The van der Waals surface area contributed by atoms with E-state index >= 15 is 0 Å². The summed E-state index contributed by atoms with van der Waals surface area (Å²) < 4.78 is 5.42. The van der Waals surface area contributed by atoms with Crippen LogP contribution in [-0.2, 0) is 4.74 Å². The molecule has 0 saturated carbocycles. The molecule has 1 aromatic rings. The average molecular weight is 263 g/mol. The van der Waals surface area contributed by atoms with Gasteiger partial charge in [0.25, 0.3) is 0 Å². The van der Waals surface area contributed by atoms with Crippen LogP contribution in [0.3, 0.4) is 0 Å². The van der Waals surface area contributed by atoms with Crippen molar-refractivity contribution in [3.63, 3.8) is 0 Å². The third-order valence-electron chi connectivity index (χ3n) is 3.15. The van der Waals surface area contributed by atoms with Crippen LogP contribution in [0.2, 0.25) is 0 Å². The summed E-state index contributed by atoms with van der Waals surface area (Å²) in [7, 11) is 0. The zero-order valence-electron chi connectivity index (χ0n) is 11.8. The van der Waals surface area contributed by atoms with Crippen molar-refractivity contribution in [1.29, 1.82) is 0 Å². The fourth-order valence-electron chi connectivity index (χ4n) is 2.28. The first-order valence-corrected chi connectivity index (χ1v) is 6.70. The maximum absolute atomic E-state index is 12.1. The summed E-state index contributed by atoms with van der Waals surface area (Å²) in [4.78, 5) is 13.9. The minimum Gasteiger partial charge on any atom is -0.444 e. The fourth-order valence-corrected chi connectivity index (χ4v) is 2.28. The first-order valence-electron chi connectivity index (χ1n) is 6.70. The Morgan fingerprint density at radius 2 is 2.21 bits per heavy atom. The molecule has 5 nitrogen and oxygen atoms in total. The van der Waals surface area contributed by atoms with E-state index in [-0.39, 0.29) is 6.09 Å². The van der Waals surface area contributed by atoms with E-state index in [1.807, 2.05) is 26.8 Å². The molecule has 0 radical (unpaired) electrons. The first kappa shape index (κ1) is 13.8. The second-order valence-corrected chi connectivity index (χ2v) is 5.94. The Bertz CT molecular complexity index is 428. The van der Waals surface area contributed by atoms with E-state index < -0.39 is 5.60 Å². The number of hydrogen-bond donors (Lipinski definition) is 0. The van der Waals surface area contributed by atoms with Gasteiger partial charge in [-0.15, -0.1) is 0 Å². The predicted molar refractivity (Wildman–Crippen MR) is 71.8 cm³/mol. The van der Waals surface area contributed by atoms with Gasteiger partial charge >= 0.3 is 6.09 Å². The number of hydrogen-bond acceptors (Lipinski definition) is 4. The van der Waals surface area contributed by atoms with Crippen molar-refractivity contribution in [2.45, 2.75) is 45.1 Å². The Hall–Kier alpha value is -1.65. The van der Waals surface area contributed by atoms with Gasteiger partial charge in [0.05, 0.1) is 6.20 Å². The minimum absolute atomic E-state index is 0.223. The van der Waals surface area contributed by atoms with Crippen molar-refractivity contribution in [2.24, 2.45) is 0 Å². The highest BCUT2D eigenvalue weighted by atomic mass is 16.6. The van der Waals surface area contributed by atoms with Crippen LogP contribution in [0.5, 0.6) is 0 Å². The molecule has 1 aromatic heterocycles. The average Bonchev–Trinajstić information content (AvgIpc) is 2.38. The number of amides is 1. The lowest BCUT2D eigenvalue weighted by molar-refractivity contribution is 0.0198. The number of carbonyl (C=O) groups is 1. The van der Waals surface area contributed by atoms with E-state index in [0.29, 0.717) is 12.5 Å². The maximum Gasteiger partial charge on any atom is 0.410 e. The van der Waals surface area contributed by atoms with Crippen LogP contribution < -0.4 is 0 Å². The van der Waals surface area contributed by atoms with Crippen molar-refractivity contribution in [3.8, 4) is 0 Å². The van der Waals surface area contributed by atoms with Crippen LogP contribution in [0, 0.1) is 0 Å². The van der Waals surface area contributed by atoms with Gasteiger partial charge in [0.15, 0.2) is 0 Å². The van der Waals surface area contributed by atoms with Gasteiger partial charge in [0, 0.05) is 25.2 Å². The largest absolute Gasteiger partial charge is 0.444 e. The molecule has 5 heteroatoms. The Labute approximate surface area is 114 Å². The molecule has 0 N–H and O–H groups in total. The number of ether oxygens (including phenoxy) is 1. The number of likely N-dealkylation sites (tertiary alicyclic amines) is 1. The zero-order valence-corrected chi connectivity index (χ0v) is 11.8. The standard InChI is InChI=1S/C14H21N3O2/c1-14(2,3)19-13(18)17-8-4-5-12(10-17)11-6-7-15-16-9-11/h6-7,9,12H,4-5,8,10H2,1-3H3. The van der Waals surface area contributed by atoms with Crippen LogP contribution >= 0.6 is 0 Å². The van der Waals surface area contributed by atoms with E-state index in [2.05, 4.69) is 10.2 Å². The third-order valence-corrected chi connectivity index (χ3v) is 3.15. The molecular weight excluding hydrogens is 242 g/mol. The van der Waals surface area contributed by atoms with E-state index in [0.717, 1.165) is 24.9 Å². The molecule has 1 aliphatic rings. The number of carbonyl (C=O) groups excluding carboxylic acids is 1. The highest BCUT2D eigenvalue weighted by Gasteiger charge is 2.28. The molecule has 19 heavy (non-hydrogen) atoms. The van der Waals surface area contributed by atoms with Gasteiger partial charge in [-0.2, -0.15) is 10.2 Å². The van der Waals surface area contributed by atoms with Gasteiger partial charge in [-0.25, -0.2) is 4.79 Å². The molecule has 1 aliphatic heterocycles. The summed E-state index contributed by atoms with van der Waals surface area (Å²) >= 11 is 0.